The van der Waals surface area contributed by atoms with E-state index in [9.17, 15) is 4.79 Å². The van der Waals surface area contributed by atoms with Gasteiger partial charge in [-0.1, -0.05) is 25.3 Å². The second-order valence-corrected chi connectivity index (χ2v) is 9.78. The highest BCUT2D eigenvalue weighted by Crippen LogP contribution is 2.26. The molecule has 33 heavy (non-hydrogen) atoms. The molecule has 1 N–H and O–H groups in total. The van der Waals surface area contributed by atoms with Crippen molar-refractivity contribution in [2.45, 2.75) is 90.6 Å². The Bertz CT molecular complexity index is 1160. The fourth-order valence-electron chi connectivity index (χ4n) is 5.45. The maximum absolute atomic E-state index is 13.0. The molecule has 1 aliphatic heterocycles. The standard InChI is InChI=1S/C25H34N6O2/c1-17-11-18(2)22-13-19(25(32)26-23(22)12-17)14-30(20-7-4-3-5-8-20)16-24-27-28-29-31(24)15-21-9-6-10-33-21/h11-13,20-21H,3-10,14-16H2,1-2H3,(H,26,32). The molecule has 8 nitrogen and oxygen atoms in total. The maximum Gasteiger partial charge on any atom is 0.252 e. The molecule has 0 spiro atoms. The van der Waals surface area contributed by atoms with Crippen LogP contribution in [0.15, 0.2) is 23.0 Å². The van der Waals surface area contributed by atoms with Gasteiger partial charge in [0.2, 0.25) is 0 Å². The Hall–Kier alpha value is -2.58. The summed E-state index contributed by atoms with van der Waals surface area (Å²) in [6, 6.07) is 6.73. The largest absolute Gasteiger partial charge is 0.376 e. The summed E-state index contributed by atoms with van der Waals surface area (Å²) in [7, 11) is 0. The van der Waals surface area contributed by atoms with Crippen LogP contribution in [0.2, 0.25) is 0 Å². The van der Waals surface area contributed by atoms with Crippen LogP contribution in [0.25, 0.3) is 10.9 Å². The summed E-state index contributed by atoms with van der Waals surface area (Å²) in [6.07, 6.45) is 8.38. The number of fused-ring (bicyclic) bond motifs is 1. The van der Waals surface area contributed by atoms with Crippen LogP contribution in [-0.4, -0.2) is 48.8 Å². The van der Waals surface area contributed by atoms with E-state index >= 15 is 0 Å². The lowest BCUT2D eigenvalue weighted by atomic mass is 9.93. The number of nitrogens with one attached hydrogen (secondary N) is 1. The van der Waals surface area contributed by atoms with Gasteiger partial charge in [-0.15, -0.1) is 5.10 Å². The van der Waals surface area contributed by atoms with Crippen molar-refractivity contribution < 1.29 is 4.74 Å². The van der Waals surface area contributed by atoms with E-state index in [1.165, 1.54) is 24.8 Å². The first-order chi connectivity index (χ1) is 16.1. The van der Waals surface area contributed by atoms with E-state index in [0.717, 1.165) is 60.1 Å². The third-order valence-electron chi connectivity index (χ3n) is 7.21. The fourth-order valence-corrected chi connectivity index (χ4v) is 5.45. The Morgan fingerprint density at radius 3 is 2.73 bits per heavy atom. The van der Waals surface area contributed by atoms with Gasteiger partial charge in [0.15, 0.2) is 5.82 Å². The molecule has 1 aliphatic carbocycles. The van der Waals surface area contributed by atoms with Crippen molar-refractivity contribution in [3.8, 4) is 0 Å². The average Bonchev–Trinajstić information content (AvgIpc) is 3.47. The molecule has 2 aliphatic rings. The summed E-state index contributed by atoms with van der Waals surface area (Å²) in [4.78, 5) is 18.6. The van der Waals surface area contributed by atoms with Crippen molar-refractivity contribution in [1.29, 1.82) is 0 Å². The van der Waals surface area contributed by atoms with Gasteiger partial charge in [0.1, 0.15) is 0 Å². The monoisotopic (exact) mass is 450 g/mol. The molecule has 3 heterocycles. The number of hydrogen-bond donors (Lipinski definition) is 1. The Labute approximate surface area is 194 Å². The average molecular weight is 451 g/mol. The molecule has 1 saturated carbocycles. The van der Waals surface area contributed by atoms with Crippen molar-refractivity contribution >= 4 is 10.9 Å². The molecule has 1 unspecified atom stereocenters. The van der Waals surface area contributed by atoms with Crippen LogP contribution in [0.3, 0.4) is 0 Å². The minimum atomic E-state index is -0.00717. The molecule has 5 rings (SSSR count). The van der Waals surface area contributed by atoms with Gasteiger partial charge in [-0.05, 0) is 73.2 Å². The van der Waals surface area contributed by atoms with E-state index in [4.69, 9.17) is 4.74 Å². The lowest BCUT2D eigenvalue weighted by Crippen LogP contribution is -2.38. The van der Waals surface area contributed by atoms with Crippen molar-refractivity contribution in [3.63, 3.8) is 0 Å². The van der Waals surface area contributed by atoms with Crippen molar-refractivity contribution in [2.75, 3.05) is 6.61 Å². The van der Waals surface area contributed by atoms with E-state index in [1.54, 1.807) is 0 Å². The molecule has 1 atom stereocenters. The van der Waals surface area contributed by atoms with Gasteiger partial charge in [-0.25, -0.2) is 4.68 Å². The number of hydrogen-bond acceptors (Lipinski definition) is 6. The summed E-state index contributed by atoms with van der Waals surface area (Å²) >= 11 is 0. The number of aromatic amines is 1. The number of aromatic nitrogens is 5. The summed E-state index contributed by atoms with van der Waals surface area (Å²) in [5, 5.41) is 13.7. The van der Waals surface area contributed by atoms with Crippen LogP contribution >= 0.6 is 0 Å². The molecule has 0 amide bonds. The van der Waals surface area contributed by atoms with E-state index in [1.807, 2.05) is 10.7 Å². The Morgan fingerprint density at radius 1 is 1.09 bits per heavy atom. The minimum absolute atomic E-state index is 0.00717. The number of aryl methyl sites for hydroxylation is 2. The van der Waals surface area contributed by atoms with E-state index in [2.05, 4.69) is 51.4 Å². The van der Waals surface area contributed by atoms with Gasteiger partial charge in [-0.3, -0.25) is 9.69 Å². The summed E-state index contributed by atoms with van der Waals surface area (Å²) in [5.74, 6) is 0.847. The second-order valence-electron chi connectivity index (χ2n) is 9.78. The van der Waals surface area contributed by atoms with E-state index in [-0.39, 0.29) is 11.7 Å². The number of H-pyrrole nitrogens is 1. The first kappa shape index (κ1) is 22.2. The molecular formula is C25H34N6O2. The lowest BCUT2D eigenvalue weighted by Gasteiger charge is -2.34. The highest BCUT2D eigenvalue weighted by molar-refractivity contribution is 5.83. The molecule has 1 saturated heterocycles. The highest BCUT2D eigenvalue weighted by atomic mass is 16.5. The van der Waals surface area contributed by atoms with E-state index < -0.39 is 0 Å². The molecule has 8 heteroatoms. The van der Waals surface area contributed by atoms with Crippen molar-refractivity contribution in [3.05, 3.63) is 51.1 Å². The lowest BCUT2D eigenvalue weighted by molar-refractivity contribution is 0.0893. The van der Waals surface area contributed by atoms with Gasteiger partial charge < -0.3 is 9.72 Å². The second kappa shape index (κ2) is 9.73. The number of benzene rings is 1. The first-order valence-corrected chi connectivity index (χ1v) is 12.3. The summed E-state index contributed by atoms with van der Waals surface area (Å²) in [5.41, 5.74) is 4.05. The number of nitrogens with zero attached hydrogens (tertiary/aromatic N) is 5. The molecule has 2 aromatic heterocycles. The molecule has 3 aromatic rings. The fraction of sp³-hybridized carbons (Fsp3) is 0.600. The molecule has 0 bridgehead atoms. The Kier molecular flexibility index (Phi) is 6.55. The van der Waals surface area contributed by atoms with Gasteiger partial charge in [-0.2, -0.15) is 0 Å². The van der Waals surface area contributed by atoms with Crippen LogP contribution < -0.4 is 5.56 Å². The zero-order valence-corrected chi connectivity index (χ0v) is 19.7. The van der Waals surface area contributed by atoms with Gasteiger partial charge in [0, 0.05) is 35.7 Å². The zero-order valence-electron chi connectivity index (χ0n) is 19.7. The van der Waals surface area contributed by atoms with Crippen molar-refractivity contribution in [1.82, 2.24) is 30.1 Å². The number of pyridine rings is 1. The van der Waals surface area contributed by atoms with Crippen LogP contribution in [0.1, 0.15) is 67.5 Å². The van der Waals surface area contributed by atoms with Gasteiger partial charge >= 0.3 is 0 Å². The molecule has 1 aromatic carbocycles. The predicted octanol–water partition coefficient (Wildman–Crippen LogP) is 3.65. The van der Waals surface area contributed by atoms with Crippen LogP contribution in [0, 0.1) is 13.8 Å². The van der Waals surface area contributed by atoms with E-state index in [0.29, 0.717) is 25.7 Å². The Morgan fingerprint density at radius 2 is 1.94 bits per heavy atom. The number of ether oxygens (including phenoxy) is 1. The predicted molar refractivity (Wildman–Crippen MR) is 127 cm³/mol. The van der Waals surface area contributed by atoms with Crippen LogP contribution in [-0.2, 0) is 24.4 Å². The minimum Gasteiger partial charge on any atom is -0.376 e. The maximum atomic E-state index is 13.0. The van der Waals surface area contributed by atoms with Crippen LogP contribution in [0.4, 0.5) is 0 Å². The SMILES string of the molecule is Cc1cc(C)c2cc(CN(Cc3nnnn3CC3CCCO3)C3CCCCC3)c(=O)[nH]c2c1. The third kappa shape index (κ3) is 5.01. The third-order valence-corrected chi connectivity index (χ3v) is 7.21. The molecule has 2 fully saturated rings. The summed E-state index contributed by atoms with van der Waals surface area (Å²) in [6.45, 7) is 6.90. The topological polar surface area (TPSA) is 88.9 Å². The molecule has 0 radical (unpaired) electrons. The highest BCUT2D eigenvalue weighted by Gasteiger charge is 2.26. The summed E-state index contributed by atoms with van der Waals surface area (Å²) < 4.78 is 7.69. The Balaban J connectivity index is 1.42. The smallest absolute Gasteiger partial charge is 0.252 e. The van der Waals surface area contributed by atoms with Gasteiger partial charge in [0.05, 0.1) is 19.2 Å². The van der Waals surface area contributed by atoms with Crippen molar-refractivity contribution in [2.24, 2.45) is 0 Å². The molecular weight excluding hydrogens is 416 g/mol. The van der Waals surface area contributed by atoms with Crippen LogP contribution in [0.5, 0.6) is 0 Å². The molecule has 176 valence electrons. The van der Waals surface area contributed by atoms with Gasteiger partial charge in [0.25, 0.3) is 5.56 Å². The first-order valence-electron chi connectivity index (χ1n) is 12.3. The number of rotatable bonds is 7. The zero-order chi connectivity index (χ0) is 22.8. The normalized spacial score (nSPS) is 19.7. The number of tetrazole rings is 1. The quantitative estimate of drug-likeness (QED) is 0.591.